The maximum atomic E-state index is 13.9. The number of amides is 2. The first-order valence-electron chi connectivity index (χ1n) is 11.7. The van der Waals surface area contributed by atoms with E-state index in [9.17, 15) is 9.59 Å². The summed E-state index contributed by atoms with van der Waals surface area (Å²) in [5.41, 5.74) is 2.25. The van der Waals surface area contributed by atoms with Crippen LogP contribution >= 0.6 is 0 Å². The van der Waals surface area contributed by atoms with E-state index in [0.717, 1.165) is 16.7 Å². The quantitative estimate of drug-likeness (QED) is 0.577. The van der Waals surface area contributed by atoms with Crippen molar-refractivity contribution in [3.05, 3.63) is 101 Å². The van der Waals surface area contributed by atoms with Gasteiger partial charge in [0.05, 0.1) is 31.2 Å². The van der Waals surface area contributed by atoms with E-state index < -0.39 is 5.60 Å². The van der Waals surface area contributed by atoms with Crippen LogP contribution in [0.4, 0.5) is 0 Å². The third-order valence-corrected chi connectivity index (χ3v) is 6.85. The van der Waals surface area contributed by atoms with Crippen LogP contribution in [-0.2, 0) is 27.3 Å². The molecule has 7 heteroatoms. The zero-order valence-corrected chi connectivity index (χ0v) is 19.3. The number of ether oxygens (including phenoxy) is 1. The number of carbonyl (C=O) groups is 2. The minimum Gasteiger partial charge on any atom is -0.361 e. The van der Waals surface area contributed by atoms with Crippen molar-refractivity contribution >= 4 is 11.8 Å². The van der Waals surface area contributed by atoms with Gasteiger partial charge in [-0.25, -0.2) is 0 Å². The van der Waals surface area contributed by atoms with E-state index in [0.29, 0.717) is 31.8 Å². The van der Waals surface area contributed by atoms with Crippen LogP contribution in [0.25, 0.3) is 0 Å². The van der Waals surface area contributed by atoms with Crippen molar-refractivity contribution in [1.29, 1.82) is 5.26 Å². The number of nitrogens with zero attached hydrogens (tertiary/aromatic N) is 4. The molecule has 2 aliphatic heterocycles. The molecule has 2 fully saturated rings. The number of rotatable bonds is 5. The molecular weight excluding hydrogens is 440 g/mol. The van der Waals surface area contributed by atoms with Crippen molar-refractivity contribution in [2.75, 3.05) is 26.2 Å². The molecule has 2 aliphatic rings. The summed E-state index contributed by atoms with van der Waals surface area (Å²) in [7, 11) is 0. The fourth-order valence-electron chi connectivity index (χ4n) is 5.06. The standard InChI is InChI=1S/C28H26N4O3/c29-16-22-10-8-21(9-11-22)15-26(33)31-13-14-35-28(20-31)25(24-6-2-1-3-7-24)19-32(27(28)34)18-23-5-4-12-30-17-23/h1-12,17,25H,13-15,18-20H2. The number of benzene rings is 2. The first-order valence-corrected chi connectivity index (χ1v) is 11.7. The smallest absolute Gasteiger partial charge is 0.257 e. The Morgan fingerprint density at radius 3 is 2.60 bits per heavy atom. The predicted octanol–water partition coefficient (Wildman–Crippen LogP) is 2.92. The lowest BCUT2D eigenvalue weighted by atomic mass is 9.83. The van der Waals surface area contributed by atoms with Crippen molar-refractivity contribution in [1.82, 2.24) is 14.8 Å². The third kappa shape index (κ3) is 4.53. The first kappa shape index (κ1) is 22.8. The number of nitriles is 1. The average Bonchev–Trinajstić information content (AvgIpc) is 3.16. The molecule has 0 N–H and O–H groups in total. The Balaban J connectivity index is 1.40. The lowest BCUT2D eigenvalue weighted by Crippen LogP contribution is -2.59. The van der Waals surface area contributed by atoms with Crippen LogP contribution < -0.4 is 0 Å². The largest absolute Gasteiger partial charge is 0.361 e. The van der Waals surface area contributed by atoms with Crippen LogP contribution in [-0.4, -0.2) is 58.4 Å². The SMILES string of the molecule is N#Cc1ccc(CC(=O)N2CCOC3(C2)C(=O)N(Cc2cccnc2)CC3c2ccccc2)cc1. The van der Waals surface area contributed by atoms with Crippen molar-refractivity contribution in [3.63, 3.8) is 0 Å². The van der Waals surface area contributed by atoms with E-state index in [1.165, 1.54) is 0 Å². The van der Waals surface area contributed by atoms with E-state index >= 15 is 0 Å². The molecule has 3 heterocycles. The maximum Gasteiger partial charge on any atom is 0.257 e. The monoisotopic (exact) mass is 466 g/mol. The Labute approximate surface area is 204 Å². The predicted molar refractivity (Wildman–Crippen MR) is 129 cm³/mol. The number of aromatic nitrogens is 1. The zero-order valence-electron chi connectivity index (χ0n) is 19.3. The summed E-state index contributed by atoms with van der Waals surface area (Å²) in [5.74, 6) is -0.341. The van der Waals surface area contributed by atoms with E-state index in [1.54, 1.807) is 41.6 Å². The summed E-state index contributed by atoms with van der Waals surface area (Å²) in [5, 5.41) is 9.01. The molecule has 1 spiro atoms. The molecule has 2 aromatic carbocycles. The molecule has 2 atom stereocenters. The molecule has 0 aliphatic carbocycles. The molecule has 1 aromatic heterocycles. The molecule has 35 heavy (non-hydrogen) atoms. The van der Waals surface area contributed by atoms with Gasteiger partial charge in [0, 0.05) is 37.9 Å². The second-order valence-corrected chi connectivity index (χ2v) is 9.05. The summed E-state index contributed by atoms with van der Waals surface area (Å²) < 4.78 is 6.30. The van der Waals surface area contributed by atoms with Crippen molar-refractivity contribution in [2.24, 2.45) is 0 Å². The highest BCUT2D eigenvalue weighted by molar-refractivity contribution is 5.91. The number of morpholine rings is 1. The van der Waals surface area contributed by atoms with Crippen LogP contribution in [0.3, 0.4) is 0 Å². The molecule has 7 nitrogen and oxygen atoms in total. The molecule has 0 bridgehead atoms. The van der Waals surface area contributed by atoms with Gasteiger partial charge in [-0.05, 0) is 34.9 Å². The molecule has 176 valence electrons. The topological polar surface area (TPSA) is 86.5 Å². The van der Waals surface area contributed by atoms with E-state index in [4.69, 9.17) is 10.00 Å². The highest BCUT2D eigenvalue weighted by Crippen LogP contribution is 2.42. The second-order valence-electron chi connectivity index (χ2n) is 9.05. The zero-order chi connectivity index (χ0) is 24.3. The fraction of sp³-hybridized carbons (Fsp3) is 0.286. The van der Waals surface area contributed by atoms with Gasteiger partial charge in [-0.15, -0.1) is 0 Å². The van der Waals surface area contributed by atoms with Crippen LogP contribution in [0.2, 0.25) is 0 Å². The Morgan fingerprint density at radius 1 is 1.09 bits per heavy atom. The van der Waals surface area contributed by atoms with Crippen molar-refractivity contribution in [2.45, 2.75) is 24.5 Å². The van der Waals surface area contributed by atoms with Crippen molar-refractivity contribution in [3.8, 4) is 6.07 Å². The highest BCUT2D eigenvalue weighted by Gasteiger charge is 2.58. The van der Waals surface area contributed by atoms with Gasteiger partial charge < -0.3 is 14.5 Å². The minimum absolute atomic E-state index is 0.0531. The molecule has 3 aromatic rings. The first-order chi connectivity index (χ1) is 17.1. The van der Waals surface area contributed by atoms with Gasteiger partial charge in [-0.3, -0.25) is 14.6 Å². The van der Waals surface area contributed by atoms with Gasteiger partial charge >= 0.3 is 0 Å². The van der Waals surface area contributed by atoms with Gasteiger partial charge in [-0.2, -0.15) is 5.26 Å². The Bertz CT molecular complexity index is 1240. The van der Waals surface area contributed by atoms with Crippen molar-refractivity contribution < 1.29 is 14.3 Å². The molecule has 2 amide bonds. The molecule has 2 unspecified atom stereocenters. The van der Waals surface area contributed by atoms with Crippen LogP contribution in [0.5, 0.6) is 0 Å². The van der Waals surface area contributed by atoms with Gasteiger partial charge in [0.25, 0.3) is 5.91 Å². The molecule has 0 saturated carbocycles. The highest BCUT2D eigenvalue weighted by atomic mass is 16.5. The average molecular weight is 467 g/mol. The van der Waals surface area contributed by atoms with E-state index in [1.807, 2.05) is 47.4 Å². The van der Waals surface area contributed by atoms with E-state index in [-0.39, 0.29) is 30.7 Å². The van der Waals surface area contributed by atoms with Crippen LogP contribution in [0.1, 0.15) is 28.2 Å². The second kappa shape index (κ2) is 9.69. The van der Waals surface area contributed by atoms with E-state index in [2.05, 4.69) is 11.1 Å². The number of pyridine rings is 1. The summed E-state index contributed by atoms with van der Waals surface area (Å²) in [6.45, 7) is 1.91. The molecular formula is C28H26N4O3. The van der Waals surface area contributed by atoms with Gasteiger partial charge in [0.15, 0.2) is 5.60 Å². The number of carbonyl (C=O) groups excluding carboxylic acids is 2. The molecule has 2 saturated heterocycles. The Hall–Kier alpha value is -4.02. The Kier molecular flexibility index (Phi) is 6.30. The summed E-state index contributed by atoms with van der Waals surface area (Å²) in [6, 6.07) is 22.9. The van der Waals surface area contributed by atoms with Gasteiger partial charge in [-0.1, -0.05) is 48.5 Å². The summed E-state index contributed by atoms with van der Waals surface area (Å²) in [4.78, 5) is 34.9. The minimum atomic E-state index is -1.12. The van der Waals surface area contributed by atoms with Crippen LogP contribution in [0.15, 0.2) is 79.1 Å². The maximum absolute atomic E-state index is 13.9. The fourth-order valence-corrected chi connectivity index (χ4v) is 5.06. The number of hydrogen-bond acceptors (Lipinski definition) is 5. The third-order valence-electron chi connectivity index (χ3n) is 6.85. The van der Waals surface area contributed by atoms with Gasteiger partial charge in [0.2, 0.25) is 5.91 Å². The lowest BCUT2D eigenvalue weighted by Gasteiger charge is -2.42. The normalized spacial score (nSPS) is 21.8. The Morgan fingerprint density at radius 2 is 1.89 bits per heavy atom. The number of hydrogen-bond donors (Lipinski definition) is 0. The number of likely N-dealkylation sites (tertiary alicyclic amines) is 1. The summed E-state index contributed by atoms with van der Waals surface area (Å²) >= 11 is 0. The molecule has 0 radical (unpaired) electrons. The molecule has 5 rings (SSSR count). The summed E-state index contributed by atoms with van der Waals surface area (Å²) in [6.07, 6.45) is 3.70. The van der Waals surface area contributed by atoms with Crippen LogP contribution in [0, 0.1) is 11.3 Å². The van der Waals surface area contributed by atoms with Gasteiger partial charge in [0.1, 0.15) is 0 Å². The lowest BCUT2D eigenvalue weighted by molar-refractivity contribution is -0.167.